The number of para-hydroxylation sites is 2. The highest BCUT2D eigenvalue weighted by Crippen LogP contribution is 2.27. The molecule has 0 heterocycles. The molecule has 0 aromatic heterocycles. The molecule has 0 aliphatic rings. The number of benzene rings is 2. The van der Waals surface area contributed by atoms with Gasteiger partial charge in [0.15, 0.2) is 11.5 Å². The number of hydrogen-bond donors (Lipinski definition) is 1. The quantitative estimate of drug-likeness (QED) is 0.895. The lowest BCUT2D eigenvalue weighted by Crippen LogP contribution is -2.10. The van der Waals surface area contributed by atoms with Crippen molar-refractivity contribution in [2.45, 2.75) is 13.0 Å². The van der Waals surface area contributed by atoms with Crippen molar-refractivity contribution in [2.75, 3.05) is 13.7 Å². The fourth-order valence-corrected chi connectivity index (χ4v) is 1.79. The molecule has 0 saturated heterocycles. The second-order valence-electron chi connectivity index (χ2n) is 4.39. The molecule has 2 aromatic rings. The van der Waals surface area contributed by atoms with Gasteiger partial charge in [-0.25, -0.2) is 0 Å². The van der Waals surface area contributed by atoms with Crippen LogP contribution in [0.5, 0.6) is 11.5 Å². The molecule has 1 N–H and O–H groups in total. The lowest BCUT2D eigenvalue weighted by molar-refractivity contribution is 0.106. The van der Waals surface area contributed by atoms with E-state index in [0.29, 0.717) is 11.5 Å². The van der Waals surface area contributed by atoms with E-state index >= 15 is 0 Å². The first-order valence-electron chi connectivity index (χ1n) is 6.21. The van der Waals surface area contributed by atoms with Gasteiger partial charge in [-0.3, -0.25) is 0 Å². The molecule has 2 aromatic carbocycles. The highest BCUT2D eigenvalue weighted by atomic mass is 16.5. The Morgan fingerprint density at radius 2 is 1.63 bits per heavy atom. The predicted octanol–water partition coefficient (Wildman–Crippen LogP) is 3.12. The Kier molecular flexibility index (Phi) is 4.42. The first-order valence-corrected chi connectivity index (χ1v) is 6.21. The zero-order valence-corrected chi connectivity index (χ0v) is 11.2. The van der Waals surface area contributed by atoms with Crippen molar-refractivity contribution in [2.24, 2.45) is 0 Å². The van der Waals surface area contributed by atoms with Crippen LogP contribution in [0.3, 0.4) is 0 Å². The molecule has 3 heteroatoms. The molecule has 0 bridgehead atoms. The maximum absolute atomic E-state index is 10.1. The van der Waals surface area contributed by atoms with Crippen LogP contribution < -0.4 is 9.47 Å². The third-order valence-electron chi connectivity index (χ3n) is 2.93. The summed E-state index contributed by atoms with van der Waals surface area (Å²) >= 11 is 0. The summed E-state index contributed by atoms with van der Waals surface area (Å²) in [5, 5.41) is 10.1. The summed E-state index contributed by atoms with van der Waals surface area (Å²) in [6, 6.07) is 15.2. The van der Waals surface area contributed by atoms with Crippen molar-refractivity contribution in [3.05, 3.63) is 59.7 Å². The predicted molar refractivity (Wildman–Crippen MR) is 74.6 cm³/mol. The van der Waals surface area contributed by atoms with Gasteiger partial charge in [0.2, 0.25) is 0 Å². The van der Waals surface area contributed by atoms with Crippen LogP contribution in [-0.4, -0.2) is 18.8 Å². The maximum atomic E-state index is 10.1. The highest BCUT2D eigenvalue weighted by molar-refractivity contribution is 5.39. The molecule has 0 saturated carbocycles. The van der Waals surface area contributed by atoms with Crippen molar-refractivity contribution < 1.29 is 14.6 Å². The molecule has 0 fully saturated rings. The molecule has 0 amide bonds. The van der Waals surface area contributed by atoms with Crippen molar-refractivity contribution in [1.82, 2.24) is 0 Å². The summed E-state index contributed by atoms with van der Waals surface area (Å²) in [6.45, 7) is 2.21. The first kappa shape index (κ1) is 13.4. The summed E-state index contributed by atoms with van der Waals surface area (Å²) in [5.41, 5.74) is 2.02. The average Bonchev–Trinajstić information content (AvgIpc) is 2.45. The van der Waals surface area contributed by atoms with Gasteiger partial charge in [-0.15, -0.1) is 0 Å². The molecule has 3 nitrogen and oxygen atoms in total. The third-order valence-corrected chi connectivity index (χ3v) is 2.93. The average molecular weight is 258 g/mol. The van der Waals surface area contributed by atoms with E-state index in [1.54, 1.807) is 7.11 Å². The molecular weight excluding hydrogens is 240 g/mol. The van der Waals surface area contributed by atoms with Gasteiger partial charge < -0.3 is 14.6 Å². The highest BCUT2D eigenvalue weighted by Gasteiger charge is 2.10. The molecule has 0 spiro atoms. The van der Waals surface area contributed by atoms with Gasteiger partial charge in [0, 0.05) is 0 Å². The zero-order valence-electron chi connectivity index (χ0n) is 11.2. The Labute approximate surface area is 113 Å². The smallest absolute Gasteiger partial charge is 0.161 e. The van der Waals surface area contributed by atoms with Crippen molar-refractivity contribution in [3.63, 3.8) is 0 Å². The van der Waals surface area contributed by atoms with Crippen LogP contribution >= 0.6 is 0 Å². The summed E-state index contributed by atoms with van der Waals surface area (Å²) in [7, 11) is 1.60. The molecule has 2 rings (SSSR count). The SMILES string of the molecule is COc1ccccc1OCC(O)c1ccc(C)cc1. The van der Waals surface area contributed by atoms with E-state index in [2.05, 4.69) is 0 Å². The van der Waals surface area contributed by atoms with Crippen LogP contribution in [-0.2, 0) is 0 Å². The molecule has 0 aliphatic heterocycles. The summed E-state index contributed by atoms with van der Waals surface area (Å²) in [4.78, 5) is 0. The van der Waals surface area contributed by atoms with Crippen LogP contribution in [0.15, 0.2) is 48.5 Å². The molecule has 0 aliphatic carbocycles. The summed E-state index contributed by atoms with van der Waals surface area (Å²) < 4.78 is 10.8. The number of ether oxygens (including phenoxy) is 2. The second-order valence-corrected chi connectivity index (χ2v) is 4.39. The molecule has 1 unspecified atom stereocenters. The van der Waals surface area contributed by atoms with E-state index in [1.807, 2.05) is 55.5 Å². The summed E-state index contributed by atoms with van der Waals surface area (Å²) in [6.07, 6.45) is -0.648. The minimum absolute atomic E-state index is 0.198. The van der Waals surface area contributed by atoms with Crippen LogP contribution in [0.1, 0.15) is 17.2 Å². The van der Waals surface area contributed by atoms with Crippen LogP contribution in [0.2, 0.25) is 0 Å². The van der Waals surface area contributed by atoms with Crippen molar-refractivity contribution in [3.8, 4) is 11.5 Å². The van der Waals surface area contributed by atoms with Gasteiger partial charge in [-0.05, 0) is 24.6 Å². The Hall–Kier alpha value is -2.00. The summed E-state index contributed by atoms with van der Waals surface area (Å²) in [5.74, 6) is 1.30. The Morgan fingerprint density at radius 1 is 1.00 bits per heavy atom. The lowest BCUT2D eigenvalue weighted by Gasteiger charge is -2.14. The number of rotatable bonds is 5. The third kappa shape index (κ3) is 3.48. The van der Waals surface area contributed by atoms with Gasteiger partial charge in [-0.2, -0.15) is 0 Å². The molecule has 19 heavy (non-hydrogen) atoms. The largest absolute Gasteiger partial charge is 0.493 e. The van der Waals surface area contributed by atoms with Gasteiger partial charge in [0.25, 0.3) is 0 Å². The lowest BCUT2D eigenvalue weighted by atomic mass is 10.1. The van der Waals surface area contributed by atoms with Crippen LogP contribution in [0, 0.1) is 6.92 Å². The fourth-order valence-electron chi connectivity index (χ4n) is 1.79. The topological polar surface area (TPSA) is 38.7 Å². The van der Waals surface area contributed by atoms with E-state index < -0.39 is 6.10 Å². The zero-order chi connectivity index (χ0) is 13.7. The number of aliphatic hydroxyl groups is 1. The van der Waals surface area contributed by atoms with Gasteiger partial charge in [0.05, 0.1) is 7.11 Å². The van der Waals surface area contributed by atoms with E-state index in [-0.39, 0.29) is 6.61 Å². The molecule has 0 radical (unpaired) electrons. The number of methoxy groups -OCH3 is 1. The van der Waals surface area contributed by atoms with Gasteiger partial charge >= 0.3 is 0 Å². The van der Waals surface area contributed by atoms with E-state index in [9.17, 15) is 5.11 Å². The van der Waals surface area contributed by atoms with Crippen molar-refractivity contribution >= 4 is 0 Å². The Balaban J connectivity index is 2.00. The van der Waals surface area contributed by atoms with E-state index in [0.717, 1.165) is 5.56 Å². The number of aliphatic hydroxyl groups excluding tert-OH is 1. The second kappa shape index (κ2) is 6.25. The minimum Gasteiger partial charge on any atom is -0.493 e. The minimum atomic E-state index is -0.648. The monoisotopic (exact) mass is 258 g/mol. The number of aryl methyl sites for hydroxylation is 1. The Bertz CT molecular complexity index is 520. The fraction of sp³-hybridized carbons (Fsp3) is 0.250. The first-order chi connectivity index (χ1) is 9.20. The number of hydrogen-bond acceptors (Lipinski definition) is 3. The van der Waals surface area contributed by atoms with Gasteiger partial charge in [-0.1, -0.05) is 42.0 Å². The standard InChI is InChI=1S/C16H18O3/c1-12-7-9-13(10-8-12)14(17)11-19-16-6-4-3-5-15(16)18-2/h3-10,14,17H,11H2,1-2H3. The van der Waals surface area contributed by atoms with Crippen LogP contribution in [0.4, 0.5) is 0 Å². The molecule has 1 atom stereocenters. The van der Waals surface area contributed by atoms with E-state index in [4.69, 9.17) is 9.47 Å². The van der Waals surface area contributed by atoms with Crippen molar-refractivity contribution in [1.29, 1.82) is 0 Å². The Morgan fingerprint density at radius 3 is 2.26 bits per heavy atom. The van der Waals surface area contributed by atoms with Gasteiger partial charge in [0.1, 0.15) is 12.7 Å². The van der Waals surface area contributed by atoms with E-state index in [1.165, 1.54) is 5.56 Å². The molecule has 100 valence electrons. The van der Waals surface area contributed by atoms with Crippen LogP contribution in [0.25, 0.3) is 0 Å². The molecular formula is C16H18O3. The maximum Gasteiger partial charge on any atom is 0.161 e. The normalized spacial score (nSPS) is 11.9.